The molecule has 1 aliphatic heterocycles. The van der Waals surface area contributed by atoms with Crippen LogP contribution in [0, 0.1) is 21.4 Å². The van der Waals surface area contributed by atoms with Gasteiger partial charge in [-0.3, -0.25) is 10.1 Å². The molecule has 0 aliphatic carbocycles. The molecule has 0 amide bonds. The Morgan fingerprint density at radius 2 is 2.32 bits per heavy atom. The molecular weight excluding hydrogens is 246 g/mol. The molecule has 1 saturated heterocycles. The lowest BCUT2D eigenvalue weighted by Gasteiger charge is -2.36. The molecule has 0 aromatic heterocycles. The van der Waals surface area contributed by atoms with Crippen LogP contribution in [0.15, 0.2) is 18.2 Å². The van der Waals surface area contributed by atoms with E-state index < -0.39 is 4.92 Å². The summed E-state index contributed by atoms with van der Waals surface area (Å²) in [6.45, 7) is 0.634. The second-order valence-corrected chi connectivity index (χ2v) is 4.57. The van der Waals surface area contributed by atoms with Gasteiger partial charge >= 0.3 is 5.69 Å². The van der Waals surface area contributed by atoms with E-state index in [2.05, 4.69) is 0 Å². The Bertz CT molecular complexity index is 524. The Kier molecular flexibility index (Phi) is 3.97. The molecule has 0 radical (unpaired) electrons. The lowest BCUT2D eigenvalue weighted by molar-refractivity contribution is -0.384. The van der Waals surface area contributed by atoms with Gasteiger partial charge in [-0.15, -0.1) is 0 Å². The number of nitro benzene ring substituents is 1. The van der Waals surface area contributed by atoms with Crippen LogP contribution in [0.4, 0.5) is 11.4 Å². The first-order valence-electron chi connectivity index (χ1n) is 6.24. The van der Waals surface area contributed by atoms with Crippen molar-refractivity contribution in [2.75, 3.05) is 18.1 Å². The van der Waals surface area contributed by atoms with Crippen molar-refractivity contribution >= 4 is 11.4 Å². The SMILES string of the molecule is N#Cc1cccc(N2CCCCC2CO)c1[N+](=O)[O-]. The predicted molar refractivity (Wildman–Crippen MR) is 69.9 cm³/mol. The van der Waals surface area contributed by atoms with Gasteiger partial charge in [-0.25, -0.2) is 0 Å². The van der Waals surface area contributed by atoms with Crippen molar-refractivity contribution < 1.29 is 10.0 Å². The number of para-hydroxylation sites is 1. The molecule has 100 valence electrons. The molecule has 1 aliphatic rings. The summed E-state index contributed by atoms with van der Waals surface area (Å²) in [4.78, 5) is 12.5. The first kappa shape index (κ1) is 13.3. The van der Waals surface area contributed by atoms with E-state index >= 15 is 0 Å². The van der Waals surface area contributed by atoms with E-state index in [1.807, 2.05) is 11.0 Å². The van der Waals surface area contributed by atoms with Crippen LogP contribution in [-0.4, -0.2) is 29.2 Å². The van der Waals surface area contributed by atoms with Crippen LogP contribution in [0.5, 0.6) is 0 Å². The highest BCUT2D eigenvalue weighted by Crippen LogP contribution is 2.35. The minimum absolute atomic E-state index is 0.0338. The zero-order valence-corrected chi connectivity index (χ0v) is 10.5. The summed E-state index contributed by atoms with van der Waals surface area (Å²) in [6, 6.07) is 6.48. The van der Waals surface area contributed by atoms with Gasteiger partial charge in [-0.05, 0) is 31.4 Å². The number of rotatable bonds is 3. The number of aliphatic hydroxyl groups excluding tert-OH is 1. The highest BCUT2D eigenvalue weighted by molar-refractivity contribution is 5.70. The molecule has 1 atom stereocenters. The van der Waals surface area contributed by atoms with Crippen LogP contribution in [-0.2, 0) is 0 Å². The molecule has 1 heterocycles. The van der Waals surface area contributed by atoms with Gasteiger partial charge in [0.1, 0.15) is 17.3 Å². The van der Waals surface area contributed by atoms with Crippen molar-refractivity contribution in [2.24, 2.45) is 0 Å². The van der Waals surface area contributed by atoms with Gasteiger partial charge in [0, 0.05) is 6.54 Å². The third-order valence-corrected chi connectivity index (χ3v) is 3.47. The van der Waals surface area contributed by atoms with Crippen molar-refractivity contribution in [1.82, 2.24) is 0 Å². The molecule has 1 fully saturated rings. The topological polar surface area (TPSA) is 90.4 Å². The Morgan fingerprint density at radius 1 is 1.53 bits per heavy atom. The number of nitrogens with zero attached hydrogens (tertiary/aromatic N) is 3. The first-order valence-corrected chi connectivity index (χ1v) is 6.24. The number of hydrogen-bond donors (Lipinski definition) is 1. The molecular formula is C13H15N3O3. The van der Waals surface area contributed by atoms with Crippen LogP contribution < -0.4 is 4.90 Å². The first-order chi connectivity index (χ1) is 9.19. The molecule has 0 spiro atoms. The van der Waals surface area contributed by atoms with Crippen LogP contribution >= 0.6 is 0 Å². The molecule has 6 nitrogen and oxygen atoms in total. The Morgan fingerprint density at radius 3 is 2.95 bits per heavy atom. The van der Waals surface area contributed by atoms with Crippen LogP contribution in [0.25, 0.3) is 0 Å². The third-order valence-electron chi connectivity index (χ3n) is 3.47. The van der Waals surface area contributed by atoms with E-state index in [0.717, 1.165) is 19.3 Å². The molecule has 0 bridgehead atoms. The summed E-state index contributed by atoms with van der Waals surface area (Å²) in [5.41, 5.74) is 0.331. The summed E-state index contributed by atoms with van der Waals surface area (Å²) in [6.07, 6.45) is 2.75. The van der Waals surface area contributed by atoms with Crippen molar-refractivity contribution in [3.05, 3.63) is 33.9 Å². The fourth-order valence-corrected chi connectivity index (χ4v) is 2.55. The van der Waals surface area contributed by atoms with Gasteiger partial charge in [0.05, 0.1) is 17.6 Å². The van der Waals surface area contributed by atoms with E-state index in [1.54, 1.807) is 12.1 Å². The zero-order valence-electron chi connectivity index (χ0n) is 10.5. The van der Waals surface area contributed by atoms with Crippen LogP contribution in [0.1, 0.15) is 24.8 Å². The summed E-state index contributed by atoms with van der Waals surface area (Å²) in [5.74, 6) is 0. The van der Waals surface area contributed by atoms with Crippen molar-refractivity contribution in [2.45, 2.75) is 25.3 Å². The Hall–Kier alpha value is -2.13. The molecule has 0 saturated carbocycles. The number of nitro groups is 1. The van der Waals surface area contributed by atoms with Gasteiger partial charge in [0.15, 0.2) is 0 Å². The Labute approximate surface area is 111 Å². The van der Waals surface area contributed by atoms with Gasteiger partial charge in [-0.1, -0.05) is 6.07 Å². The second kappa shape index (κ2) is 5.67. The van der Waals surface area contributed by atoms with Crippen molar-refractivity contribution in [3.8, 4) is 6.07 Å². The minimum atomic E-state index is -0.517. The van der Waals surface area contributed by atoms with Gasteiger partial charge in [-0.2, -0.15) is 5.26 Å². The van der Waals surface area contributed by atoms with Crippen molar-refractivity contribution in [3.63, 3.8) is 0 Å². The lowest BCUT2D eigenvalue weighted by atomic mass is 10.0. The van der Waals surface area contributed by atoms with Gasteiger partial charge < -0.3 is 10.0 Å². The molecule has 2 rings (SSSR count). The number of benzene rings is 1. The number of piperidine rings is 1. The average molecular weight is 261 g/mol. The maximum atomic E-state index is 11.2. The summed E-state index contributed by atoms with van der Waals surface area (Å²) in [7, 11) is 0. The normalized spacial score (nSPS) is 18.9. The molecule has 1 aromatic carbocycles. The number of nitriles is 1. The lowest BCUT2D eigenvalue weighted by Crippen LogP contribution is -2.42. The third kappa shape index (κ3) is 2.51. The van der Waals surface area contributed by atoms with E-state index in [-0.39, 0.29) is 23.9 Å². The second-order valence-electron chi connectivity index (χ2n) is 4.57. The Balaban J connectivity index is 2.49. The van der Waals surface area contributed by atoms with Crippen molar-refractivity contribution in [1.29, 1.82) is 5.26 Å². The van der Waals surface area contributed by atoms with Gasteiger partial charge in [0.2, 0.25) is 0 Å². The fourth-order valence-electron chi connectivity index (χ4n) is 2.55. The highest BCUT2D eigenvalue weighted by atomic mass is 16.6. The molecule has 1 N–H and O–H groups in total. The minimum Gasteiger partial charge on any atom is -0.394 e. The summed E-state index contributed by atoms with van der Waals surface area (Å²) in [5, 5.41) is 29.6. The van der Waals surface area contributed by atoms with E-state index in [4.69, 9.17) is 5.26 Å². The smallest absolute Gasteiger partial charge is 0.310 e. The predicted octanol–water partition coefficient (Wildman–Crippen LogP) is 1.82. The summed E-state index contributed by atoms with van der Waals surface area (Å²) >= 11 is 0. The monoisotopic (exact) mass is 261 g/mol. The molecule has 1 unspecified atom stereocenters. The largest absolute Gasteiger partial charge is 0.394 e. The number of hydrogen-bond acceptors (Lipinski definition) is 5. The maximum absolute atomic E-state index is 11.2. The fraction of sp³-hybridized carbons (Fsp3) is 0.462. The van der Waals surface area contributed by atoms with E-state index in [9.17, 15) is 15.2 Å². The average Bonchev–Trinajstić information content (AvgIpc) is 2.46. The van der Waals surface area contributed by atoms with E-state index in [1.165, 1.54) is 6.07 Å². The molecule has 1 aromatic rings. The van der Waals surface area contributed by atoms with Gasteiger partial charge in [0.25, 0.3) is 0 Å². The quantitative estimate of drug-likeness (QED) is 0.662. The maximum Gasteiger partial charge on any atom is 0.310 e. The number of aliphatic hydroxyl groups is 1. The zero-order chi connectivity index (χ0) is 13.8. The standard InChI is InChI=1S/C13H15N3O3/c14-8-10-4-3-6-12(13(10)16(18)19)15-7-2-1-5-11(15)9-17/h3-4,6,11,17H,1-2,5,7,9H2. The number of anilines is 1. The molecule has 19 heavy (non-hydrogen) atoms. The summed E-state index contributed by atoms with van der Waals surface area (Å²) < 4.78 is 0. The van der Waals surface area contributed by atoms with Crippen LogP contribution in [0.3, 0.4) is 0 Å². The van der Waals surface area contributed by atoms with Crippen LogP contribution in [0.2, 0.25) is 0 Å². The molecule has 6 heteroatoms. The van der Waals surface area contributed by atoms with E-state index in [0.29, 0.717) is 12.2 Å². The highest BCUT2D eigenvalue weighted by Gasteiger charge is 2.29.